The van der Waals surface area contributed by atoms with Gasteiger partial charge in [-0.1, -0.05) is 26.2 Å². The molecule has 0 aliphatic heterocycles. The van der Waals surface area contributed by atoms with Crippen molar-refractivity contribution in [1.82, 2.24) is 15.3 Å². The molecule has 2 aromatic heterocycles. The van der Waals surface area contributed by atoms with E-state index < -0.39 is 0 Å². The van der Waals surface area contributed by atoms with Crippen LogP contribution in [0, 0.1) is 6.92 Å². The summed E-state index contributed by atoms with van der Waals surface area (Å²) >= 11 is 3.31. The second kappa shape index (κ2) is 9.10. The van der Waals surface area contributed by atoms with Crippen molar-refractivity contribution in [2.24, 2.45) is 0 Å². The maximum absolute atomic E-state index is 11.8. The molecule has 22 heavy (non-hydrogen) atoms. The Morgan fingerprint density at radius 2 is 2.18 bits per heavy atom. The molecule has 0 saturated carbocycles. The average Bonchev–Trinajstić information content (AvgIpc) is 2.88. The third-order valence-corrected chi connectivity index (χ3v) is 5.30. The number of amides is 1. The van der Waals surface area contributed by atoms with Crippen LogP contribution in [-0.4, -0.2) is 28.2 Å². The van der Waals surface area contributed by atoms with E-state index in [4.69, 9.17) is 0 Å². The van der Waals surface area contributed by atoms with E-state index in [-0.39, 0.29) is 5.91 Å². The van der Waals surface area contributed by atoms with Gasteiger partial charge in [0.15, 0.2) is 0 Å². The molecule has 6 heteroatoms. The Kier molecular flexibility index (Phi) is 7.12. The Hall–Kier alpha value is -1.14. The van der Waals surface area contributed by atoms with Crippen molar-refractivity contribution in [3.8, 4) is 0 Å². The standard InChI is InChI=1S/C16H23N3OS2/c1-3-4-5-6-8-17-14(20)7-9-21-15-13-10-12(2)22-16(13)19-11-18-15/h10-11H,3-9H2,1-2H3,(H,17,20). The van der Waals surface area contributed by atoms with Crippen LogP contribution in [-0.2, 0) is 4.79 Å². The summed E-state index contributed by atoms with van der Waals surface area (Å²) in [6.07, 6.45) is 6.88. The van der Waals surface area contributed by atoms with E-state index in [9.17, 15) is 4.79 Å². The van der Waals surface area contributed by atoms with Gasteiger partial charge in [0.05, 0.1) is 0 Å². The van der Waals surface area contributed by atoms with Gasteiger partial charge in [0, 0.05) is 29.0 Å². The number of fused-ring (bicyclic) bond motifs is 1. The van der Waals surface area contributed by atoms with Gasteiger partial charge in [-0.05, 0) is 19.4 Å². The molecular weight excluding hydrogens is 314 g/mol. The first-order valence-corrected chi connectivity index (χ1v) is 9.61. The minimum atomic E-state index is 0.135. The number of hydrogen-bond donors (Lipinski definition) is 1. The van der Waals surface area contributed by atoms with E-state index in [0.29, 0.717) is 6.42 Å². The summed E-state index contributed by atoms with van der Waals surface area (Å²) in [5, 5.41) is 5.07. The monoisotopic (exact) mass is 337 g/mol. The average molecular weight is 338 g/mol. The normalized spacial score (nSPS) is 11.0. The molecule has 0 spiro atoms. The molecule has 0 bridgehead atoms. The fourth-order valence-electron chi connectivity index (χ4n) is 2.18. The summed E-state index contributed by atoms with van der Waals surface area (Å²) in [4.78, 5) is 22.7. The van der Waals surface area contributed by atoms with Gasteiger partial charge in [-0.15, -0.1) is 23.1 Å². The van der Waals surface area contributed by atoms with Gasteiger partial charge in [0.25, 0.3) is 0 Å². The molecule has 0 saturated heterocycles. The van der Waals surface area contributed by atoms with Crippen LogP contribution < -0.4 is 5.32 Å². The zero-order valence-electron chi connectivity index (χ0n) is 13.2. The summed E-state index contributed by atoms with van der Waals surface area (Å²) in [6, 6.07) is 2.12. The van der Waals surface area contributed by atoms with Gasteiger partial charge in [0.2, 0.25) is 5.91 Å². The molecule has 0 unspecified atom stereocenters. The zero-order chi connectivity index (χ0) is 15.8. The lowest BCUT2D eigenvalue weighted by Gasteiger charge is -2.05. The predicted molar refractivity (Wildman–Crippen MR) is 94.6 cm³/mol. The maximum Gasteiger partial charge on any atom is 0.220 e. The highest BCUT2D eigenvalue weighted by atomic mass is 32.2. The summed E-state index contributed by atoms with van der Waals surface area (Å²) in [6.45, 7) is 5.06. The number of thiophene rings is 1. The number of aryl methyl sites for hydroxylation is 1. The number of carbonyl (C=O) groups excluding carboxylic acids is 1. The maximum atomic E-state index is 11.8. The number of nitrogens with zero attached hydrogens (tertiary/aromatic N) is 2. The van der Waals surface area contributed by atoms with Crippen molar-refractivity contribution in [2.45, 2.75) is 51.0 Å². The molecule has 0 aromatic carbocycles. The number of hydrogen-bond acceptors (Lipinski definition) is 5. The van der Waals surface area contributed by atoms with Gasteiger partial charge in [-0.25, -0.2) is 9.97 Å². The Balaban J connectivity index is 1.72. The lowest BCUT2D eigenvalue weighted by atomic mass is 10.2. The number of unbranched alkanes of at least 4 members (excludes halogenated alkanes) is 3. The number of carbonyl (C=O) groups is 1. The zero-order valence-corrected chi connectivity index (χ0v) is 14.9. The predicted octanol–water partition coefficient (Wildman–Crippen LogP) is 4.18. The lowest BCUT2D eigenvalue weighted by molar-refractivity contribution is -0.120. The van der Waals surface area contributed by atoms with Gasteiger partial charge in [-0.2, -0.15) is 0 Å². The van der Waals surface area contributed by atoms with Crippen molar-refractivity contribution in [3.63, 3.8) is 0 Å². The molecule has 2 rings (SSSR count). The van der Waals surface area contributed by atoms with Crippen LogP contribution in [0.4, 0.5) is 0 Å². The Morgan fingerprint density at radius 3 is 3.00 bits per heavy atom. The van der Waals surface area contributed by atoms with Gasteiger partial charge >= 0.3 is 0 Å². The second-order valence-electron chi connectivity index (χ2n) is 5.26. The molecule has 0 aliphatic carbocycles. The topological polar surface area (TPSA) is 54.9 Å². The van der Waals surface area contributed by atoms with E-state index in [0.717, 1.165) is 34.0 Å². The fourth-order valence-corrected chi connectivity index (χ4v) is 4.00. The van der Waals surface area contributed by atoms with Gasteiger partial charge in [-0.3, -0.25) is 4.79 Å². The highest BCUT2D eigenvalue weighted by Crippen LogP contribution is 2.30. The molecule has 0 fully saturated rings. The quantitative estimate of drug-likeness (QED) is 0.424. The Morgan fingerprint density at radius 1 is 1.32 bits per heavy atom. The van der Waals surface area contributed by atoms with E-state index in [1.165, 1.54) is 24.1 Å². The highest BCUT2D eigenvalue weighted by molar-refractivity contribution is 7.99. The van der Waals surface area contributed by atoms with Crippen LogP contribution >= 0.6 is 23.1 Å². The van der Waals surface area contributed by atoms with Crippen LogP contribution in [0.5, 0.6) is 0 Å². The number of nitrogens with one attached hydrogen (secondary N) is 1. The Bertz CT molecular complexity index is 612. The van der Waals surface area contributed by atoms with Crippen LogP contribution in [0.3, 0.4) is 0 Å². The highest BCUT2D eigenvalue weighted by Gasteiger charge is 2.08. The van der Waals surface area contributed by atoms with Gasteiger partial charge < -0.3 is 5.32 Å². The van der Waals surface area contributed by atoms with Crippen LogP contribution in [0.25, 0.3) is 10.2 Å². The SMILES string of the molecule is CCCCCCNC(=O)CCSc1ncnc2sc(C)cc12. The van der Waals surface area contributed by atoms with E-state index in [2.05, 4.69) is 35.2 Å². The molecular formula is C16H23N3OS2. The molecule has 0 aliphatic rings. The molecule has 0 radical (unpaired) electrons. The number of thioether (sulfide) groups is 1. The third-order valence-electron chi connectivity index (χ3n) is 3.34. The number of rotatable bonds is 9. The first-order valence-electron chi connectivity index (χ1n) is 7.81. The van der Waals surface area contributed by atoms with Crippen LogP contribution in [0.15, 0.2) is 17.4 Å². The Labute approximate surface area is 140 Å². The van der Waals surface area contributed by atoms with E-state index in [1.807, 2.05) is 0 Å². The summed E-state index contributed by atoms with van der Waals surface area (Å²) in [5.41, 5.74) is 0. The molecule has 2 aromatic rings. The van der Waals surface area contributed by atoms with Gasteiger partial charge in [0.1, 0.15) is 16.2 Å². The van der Waals surface area contributed by atoms with Crippen molar-refractivity contribution >= 4 is 39.2 Å². The minimum Gasteiger partial charge on any atom is -0.356 e. The molecule has 0 atom stereocenters. The molecule has 4 nitrogen and oxygen atoms in total. The summed E-state index contributed by atoms with van der Waals surface area (Å²) < 4.78 is 0. The van der Waals surface area contributed by atoms with Crippen LogP contribution in [0.1, 0.15) is 43.9 Å². The van der Waals surface area contributed by atoms with E-state index >= 15 is 0 Å². The largest absolute Gasteiger partial charge is 0.356 e. The third kappa shape index (κ3) is 5.25. The summed E-state index contributed by atoms with van der Waals surface area (Å²) in [7, 11) is 0. The van der Waals surface area contributed by atoms with Crippen molar-refractivity contribution in [1.29, 1.82) is 0 Å². The van der Waals surface area contributed by atoms with Crippen molar-refractivity contribution < 1.29 is 4.79 Å². The molecule has 1 N–H and O–H groups in total. The fraction of sp³-hybridized carbons (Fsp3) is 0.562. The van der Waals surface area contributed by atoms with E-state index in [1.54, 1.807) is 29.4 Å². The number of aromatic nitrogens is 2. The first-order chi connectivity index (χ1) is 10.7. The molecule has 2 heterocycles. The second-order valence-corrected chi connectivity index (χ2v) is 7.58. The first kappa shape index (κ1) is 17.2. The summed E-state index contributed by atoms with van der Waals surface area (Å²) in [5.74, 6) is 0.887. The van der Waals surface area contributed by atoms with Crippen molar-refractivity contribution in [3.05, 3.63) is 17.3 Å². The smallest absolute Gasteiger partial charge is 0.220 e. The minimum absolute atomic E-state index is 0.135. The molecule has 120 valence electrons. The van der Waals surface area contributed by atoms with Crippen LogP contribution in [0.2, 0.25) is 0 Å². The van der Waals surface area contributed by atoms with Crippen molar-refractivity contribution in [2.75, 3.05) is 12.3 Å². The lowest BCUT2D eigenvalue weighted by Crippen LogP contribution is -2.24. The molecule has 1 amide bonds.